The molecule has 1 heterocycles. The molecule has 0 bridgehead atoms. The highest BCUT2D eigenvalue weighted by molar-refractivity contribution is 5.98. The third kappa shape index (κ3) is 2.32. The molecular formula is C15H17N3O2. The molecule has 1 aromatic heterocycles. The van der Waals surface area contributed by atoms with Crippen LogP contribution in [0, 0.1) is 6.92 Å². The summed E-state index contributed by atoms with van der Waals surface area (Å²) in [5.74, 6) is 0.529. The van der Waals surface area contributed by atoms with Gasteiger partial charge in [0.2, 0.25) is 5.91 Å². The molecule has 1 saturated carbocycles. The second-order valence-electron chi connectivity index (χ2n) is 5.29. The molecule has 2 aromatic rings. The van der Waals surface area contributed by atoms with Gasteiger partial charge in [-0.15, -0.1) is 0 Å². The van der Waals surface area contributed by atoms with Crippen LogP contribution in [0.25, 0.3) is 11.3 Å². The Balaban J connectivity index is 1.71. The lowest BCUT2D eigenvalue weighted by Gasteiger charge is -2.36. The van der Waals surface area contributed by atoms with Gasteiger partial charge in [0.25, 0.3) is 0 Å². The Morgan fingerprint density at radius 2 is 2.05 bits per heavy atom. The van der Waals surface area contributed by atoms with E-state index in [9.17, 15) is 4.79 Å². The van der Waals surface area contributed by atoms with Crippen molar-refractivity contribution in [1.29, 1.82) is 0 Å². The van der Waals surface area contributed by atoms with E-state index >= 15 is 0 Å². The fraction of sp³-hybridized carbons (Fsp3) is 0.333. The van der Waals surface area contributed by atoms with E-state index in [4.69, 9.17) is 10.2 Å². The lowest BCUT2D eigenvalue weighted by molar-refractivity contribution is -0.123. The van der Waals surface area contributed by atoms with E-state index in [0.717, 1.165) is 36.2 Å². The Bertz CT molecular complexity index is 627. The number of nitrogens with one attached hydrogen (secondary N) is 1. The van der Waals surface area contributed by atoms with Crippen LogP contribution in [0.3, 0.4) is 0 Å². The molecule has 0 spiro atoms. The summed E-state index contributed by atoms with van der Waals surface area (Å²) in [6.07, 6.45) is 4.16. The second-order valence-corrected chi connectivity index (χ2v) is 5.29. The summed E-state index contributed by atoms with van der Waals surface area (Å²) in [7, 11) is 0. The van der Waals surface area contributed by atoms with Crippen LogP contribution in [0.15, 0.2) is 34.9 Å². The molecule has 1 aliphatic rings. The number of aryl methyl sites for hydroxylation is 1. The van der Waals surface area contributed by atoms with E-state index in [-0.39, 0.29) is 5.91 Å². The average Bonchev–Trinajstić information content (AvgIpc) is 2.83. The molecule has 1 aromatic carbocycles. The van der Waals surface area contributed by atoms with Gasteiger partial charge in [-0.05, 0) is 31.4 Å². The Labute approximate surface area is 117 Å². The van der Waals surface area contributed by atoms with E-state index in [1.807, 2.05) is 24.3 Å². The molecule has 1 amide bonds. The Hall–Kier alpha value is -2.14. The van der Waals surface area contributed by atoms with Gasteiger partial charge < -0.3 is 15.5 Å². The van der Waals surface area contributed by atoms with Gasteiger partial charge in [0, 0.05) is 18.2 Å². The predicted octanol–water partition coefficient (Wildman–Crippen LogP) is 2.47. The van der Waals surface area contributed by atoms with Crippen LogP contribution in [0.5, 0.6) is 0 Å². The summed E-state index contributed by atoms with van der Waals surface area (Å²) in [5, 5.41) is 2.86. The molecule has 20 heavy (non-hydrogen) atoms. The topological polar surface area (TPSA) is 81.2 Å². The Morgan fingerprint density at radius 1 is 1.35 bits per heavy atom. The first kappa shape index (κ1) is 12.9. The van der Waals surface area contributed by atoms with Gasteiger partial charge in [-0.1, -0.05) is 12.1 Å². The number of amides is 1. The zero-order valence-electron chi connectivity index (χ0n) is 11.3. The molecule has 0 saturated heterocycles. The smallest absolute Gasteiger partial charge is 0.244 e. The number of nitrogens with zero attached hydrogens (tertiary/aromatic N) is 1. The van der Waals surface area contributed by atoms with E-state index in [1.54, 1.807) is 13.2 Å². The number of oxazole rings is 1. The predicted molar refractivity (Wildman–Crippen MR) is 76.1 cm³/mol. The number of rotatable bonds is 3. The SMILES string of the molecule is Cc1nc(-c2ccc(NC(=O)C3(N)CCC3)cc2)co1. The lowest BCUT2D eigenvalue weighted by Crippen LogP contribution is -2.56. The quantitative estimate of drug-likeness (QED) is 0.898. The minimum Gasteiger partial charge on any atom is -0.449 e. The highest BCUT2D eigenvalue weighted by Crippen LogP contribution is 2.30. The van der Waals surface area contributed by atoms with Gasteiger partial charge in [0.15, 0.2) is 5.89 Å². The number of carbonyl (C=O) groups excluding carboxylic acids is 1. The lowest BCUT2D eigenvalue weighted by atomic mass is 9.77. The molecule has 3 N–H and O–H groups in total. The van der Waals surface area contributed by atoms with Crippen LogP contribution in [-0.2, 0) is 4.79 Å². The van der Waals surface area contributed by atoms with E-state index < -0.39 is 5.54 Å². The normalized spacial score (nSPS) is 16.5. The van der Waals surface area contributed by atoms with Gasteiger partial charge >= 0.3 is 0 Å². The summed E-state index contributed by atoms with van der Waals surface area (Å²) in [6, 6.07) is 7.49. The van der Waals surface area contributed by atoms with Crippen molar-refractivity contribution < 1.29 is 9.21 Å². The van der Waals surface area contributed by atoms with E-state index in [2.05, 4.69) is 10.3 Å². The maximum atomic E-state index is 12.0. The van der Waals surface area contributed by atoms with Crippen molar-refractivity contribution in [1.82, 2.24) is 4.98 Å². The number of carbonyl (C=O) groups is 1. The largest absolute Gasteiger partial charge is 0.449 e. The van der Waals surface area contributed by atoms with Crippen molar-refractivity contribution >= 4 is 11.6 Å². The number of nitrogens with two attached hydrogens (primary N) is 1. The number of aromatic nitrogens is 1. The number of anilines is 1. The standard InChI is InChI=1S/C15H17N3O2/c1-10-17-13(9-20-10)11-3-5-12(6-4-11)18-14(19)15(16)7-2-8-15/h3-6,9H,2,7-8,16H2,1H3,(H,18,19). The first-order chi connectivity index (χ1) is 9.57. The fourth-order valence-electron chi connectivity index (χ4n) is 2.26. The van der Waals surface area contributed by atoms with Crippen LogP contribution < -0.4 is 11.1 Å². The molecule has 0 atom stereocenters. The van der Waals surface area contributed by atoms with Gasteiger partial charge in [0.1, 0.15) is 12.0 Å². The minimum atomic E-state index is -0.679. The van der Waals surface area contributed by atoms with Crippen LogP contribution in [0.4, 0.5) is 5.69 Å². The second kappa shape index (κ2) is 4.76. The molecule has 0 aliphatic heterocycles. The highest BCUT2D eigenvalue weighted by Gasteiger charge is 2.40. The zero-order chi connectivity index (χ0) is 14.2. The summed E-state index contributed by atoms with van der Waals surface area (Å²) in [4.78, 5) is 16.3. The molecule has 104 valence electrons. The number of hydrogen-bond donors (Lipinski definition) is 2. The molecular weight excluding hydrogens is 254 g/mol. The average molecular weight is 271 g/mol. The van der Waals surface area contributed by atoms with Crippen molar-refractivity contribution in [2.24, 2.45) is 5.73 Å². The molecule has 1 fully saturated rings. The molecule has 1 aliphatic carbocycles. The summed E-state index contributed by atoms with van der Waals surface area (Å²) in [5.41, 5.74) is 7.79. The van der Waals surface area contributed by atoms with Gasteiger partial charge in [0.05, 0.1) is 5.54 Å². The van der Waals surface area contributed by atoms with Crippen molar-refractivity contribution in [3.8, 4) is 11.3 Å². The zero-order valence-corrected chi connectivity index (χ0v) is 11.3. The summed E-state index contributed by atoms with van der Waals surface area (Å²) < 4.78 is 5.18. The van der Waals surface area contributed by atoms with Gasteiger partial charge in [-0.3, -0.25) is 4.79 Å². The van der Waals surface area contributed by atoms with Crippen molar-refractivity contribution in [3.63, 3.8) is 0 Å². The van der Waals surface area contributed by atoms with E-state index in [1.165, 1.54) is 0 Å². The van der Waals surface area contributed by atoms with E-state index in [0.29, 0.717) is 5.89 Å². The molecule has 5 heteroatoms. The maximum absolute atomic E-state index is 12.0. The Morgan fingerprint density at radius 3 is 2.55 bits per heavy atom. The van der Waals surface area contributed by atoms with Crippen LogP contribution in [-0.4, -0.2) is 16.4 Å². The Kier molecular flexibility index (Phi) is 3.06. The van der Waals surface area contributed by atoms with Crippen molar-refractivity contribution in [2.45, 2.75) is 31.7 Å². The van der Waals surface area contributed by atoms with Gasteiger partial charge in [-0.2, -0.15) is 0 Å². The van der Waals surface area contributed by atoms with Crippen molar-refractivity contribution in [2.75, 3.05) is 5.32 Å². The molecule has 0 unspecified atom stereocenters. The third-order valence-electron chi connectivity index (χ3n) is 3.76. The molecule has 0 radical (unpaired) electrons. The molecule has 5 nitrogen and oxygen atoms in total. The highest BCUT2D eigenvalue weighted by atomic mass is 16.3. The first-order valence-electron chi connectivity index (χ1n) is 6.70. The third-order valence-corrected chi connectivity index (χ3v) is 3.76. The van der Waals surface area contributed by atoms with Crippen LogP contribution in [0.2, 0.25) is 0 Å². The van der Waals surface area contributed by atoms with Crippen LogP contribution >= 0.6 is 0 Å². The van der Waals surface area contributed by atoms with Crippen molar-refractivity contribution in [3.05, 3.63) is 36.4 Å². The monoisotopic (exact) mass is 271 g/mol. The molecule has 3 rings (SSSR count). The fourth-order valence-corrected chi connectivity index (χ4v) is 2.26. The summed E-state index contributed by atoms with van der Waals surface area (Å²) >= 11 is 0. The first-order valence-corrected chi connectivity index (χ1v) is 6.70. The minimum absolute atomic E-state index is 0.103. The number of benzene rings is 1. The number of hydrogen-bond acceptors (Lipinski definition) is 4. The maximum Gasteiger partial charge on any atom is 0.244 e. The summed E-state index contributed by atoms with van der Waals surface area (Å²) in [6.45, 7) is 1.80. The van der Waals surface area contributed by atoms with Gasteiger partial charge in [-0.25, -0.2) is 4.98 Å². The van der Waals surface area contributed by atoms with Crippen LogP contribution in [0.1, 0.15) is 25.2 Å².